The zero-order chi connectivity index (χ0) is 10.0. The molecule has 0 saturated carbocycles. The summed E-state index contributed by atoms with van der Waals surface area (Å²) in [5, 5.41) is 18.1. The normalized spacial score (nSPS) is 40.2. The summed E-state index contributed by atoms with van der Waals surface area (Å²) in [6, 6.07) is 0. The molecule has 0 aromatic heterocycles. The van der Waals surface area contributed by atoms with E-state index in [-0.39, 0.29) is 0 Å². The van der Waals surface area contributed by atoms with Crippen molar-refractivity contribution in [2.24, 2.45) is 0 Å². The molecule has 0 spiro atoms. The second kappa shape index (κ2) is 4.04. The van der Waals surface area contributed by atoms with E-state index in [9.17, 15) is 9.90 Å². The van der Waals surface area contributed by atoms with Gasteiger partial charge in [0, 0.05) is 13.5 Å². The van der Waals surface area contributed by atoms with Gasteiger partial charge < -0.3 is 19.7 Å². The second-order valence-electron chi connectivity index (χ2n) is 3.18. The summed E-state index contributed by atoms with van der Waals surface area (Å²) in [5.74, 6) is -1.05. The molecule has 1 rings (SSSR count). The van der Waals surface area contributed by atoms with Gasteiger partial charge in [-0.2, -0.15) is 0 Å². The highest BCUT2D eigenvalue weighted by atomic mass is 16.6. The molecule has 0 aromatic rings. The molecule has 1 fully saturated rings. The van der Waals surface area contributed by atoms with Crippen molar-refractivity contribution in [2.75, 3.05) is 7.11 Å². The van der Waals surface area contributed by atoms with Crippen LogP contribution in [0.5, 0.6) is 0 Å². The first-order valence-corrected chi connectivity index (χ1v) is 4.15. The third kappa shape index (κ3) is 2.18. The molecular weight excluding hydrogens is 176 g/mol. The maximum absolute atomic E-state index is 10.7. The maximum atomic E-state index is 10.7. The van der Waals surface area contributed by atoms with E-state index in [4.69, 9.17) is 14.6 Å². The minimum Gasteiger partial charge on any atom is -0.479 e. The second-order valence-corrected chi connectivity index (χ2v) is 3.18. The number of carbonyl (C=O) groups is 1. The number of aliphatic hydroxyl groups excluding tert-OH is 1. The molecule has 1 heterocycles. The highest BCUT2D eigenvalue weighted by Crippen LogP contribution is 2.22. The third-order valence-electron chi connectivity index (χ3n) is 2.26. The number of hydrogen-bond donors (Lipinski definition) is 2. The van der Waals surface area contributed by atoms with Crippen LogP contribution in [-0.4, -0.2) is 47.7 Å². The molecule has 2 N–H and O–H groups in total. The lowest BCUT2D eigenvalue weighted by Gasteiger charge is -2.35. The van der Waals surface area contributed by atoms with Crippen LogP contribution in [0, 0.1) is 0 Å². The predicted molar refractivity (Wildman–Crippen MR) is 43.4 cm³/mol. The Kier molecular flexibility index (Phi) is 3.24. The van der Waals surface area contributed by atoms with Gasteiger partial charge in [-0.1, -0.05) is 0 Å². The first-order valence-electron chi connectivity index (χ1n) is 4.15. The van der Waals surface area contributed by atoms with Crippen molar-refractivity contribution in [3.63, 3.8) is 0 Å². The highest BCUT2D eigenvalue weighted by Gasteiger charge is 2.39. The molecule has 5 heteroatoms. The van der Waals surface area contributed by atoms with Gasteiger partial charge in [0.1, 0.15) is 0 Å². The lowest BCUT2D eigenvalue weighted by molar-refractivity contribution is -0.193. The van der Waals surface area contributed by atoms with E-state index in [1.165, 1.54) is 7.11 Å². The van der Waals surface area contributed by atoms with Gasteiger partial charge in [-0.25, -0.2) is 4.79 Å². The molecule has 1 saturated heterocycles. The molecule has 0 bridgehead atoms. The quantitative estimate of drug-likeness (QED) is 0.621. The standard InChI is InChI=1S/C8H14O5/c1-4-5(9)3-6(12-2)7(13-4)8(10)11/h4-7,9H,3H2,1-2H3,(H,10,11). The van der Waals surface area contributed by atoms with Crippen LogP contribution >= 0.6 is 0 Å². The number of methoxy groups -OCH3 is 1. The van der Waals surface area contributed by atoms with Crippen molar-refractivity contribution >= 4 is 5.97 Å². The summed E-state index contributed by atoms with van der Waals surface area (Å²) in [4.78, 5) is 10.7. The van der Waals surface area contributed by atoms with Gasteiger partial charge in [-0.05, 0) is 6.92 Å². The van der Waals surface area contributed by atoms with Crippen molar-refractivity contribution in [1.29, 1.82) is 0 Å². The van der Waals surface area contributed by atoms with Gasteiger partial charge in [0.25, 0.3) is 0 Å². The summed E-state index contributed by atoms with van der Waals surface area (Å²) >= 11 is 0. The van der Waals surface area contributed by atoms with Crippen LogP contribution < -0.4 is 0 Å². The molecule has 4 atom stereocenters. The van der Waals surface area contributed by atoms with Crippen LogP contribution in [0.4, 0.5) is 0 Å². The fourth-order valence-corrected chi connectivity index (χ4v) is 1.40. The minimum atomic E-state index is -1.05. The fourth-order valence-electron chi connectivity index (χ4n) is 1.40. The molecule has 4 unspecified atom stereocenters. The number of ether oxygens (including phenoxy) is 2. The largest absolute Gasteiger partial charge is 0.479 e. The van der Waals surface area contributed by atoms with E-state index in [2.05, 4.69) is 0 Å². The van der Waals surface area contributed by atoms with Crippen molar-refractivity contribution in [3.05, 3.63) is 0 Å². The van der Waals surface area contributed by atoms with Crippen LogP contribution in [0.25, 0.3) is 0 Å². The lowest BCUT2D eigenvalue weighted by Crippen LogP contribution is -2.50. The molecular formula is C8H14O5. The van der Waals surface area contributed by atoms with Crippen LogP contribution in [-0.2, 0) is 14.3 Å². The van der Waals surface area contributed by atoms with Crippen LogP contribution in [0.1, 0.15) is 13.3 Å². The monoisotopic (exact) mass is 190 g/mol. The van der Waals surface area contributed by atoms with Crippen molar-refractivity contribution in [3.8, 4) is 0 Å². The smallest absolute Gasteiger partial charge is 0.335 e. The van der Waals surface area contributed by atoms with E-state index >= 15 is 0 Å². The van der Waals surface area contributed by atoms with Crippen molar-refractivity contribution in [2.45, 2.75) is 37.8 Å². The average Bonchev–Trinajstić information content (AvgIpc) is 2.08. The summed E-state index contributed by atoms with van der Waals surface area (Å²) in [7, 11) is 1.41. The molecule has 13 heavy (non-hydrogen) atoms. The number of aliphatic hydroxyl groups is 1. The van der Waals surface area contributed by atoms with Crippen molar-refractivity contribution < 1.29 is 24.5 Å². The van der Waals surface area contributed by atoms with Gasteiger partial charge >= 0.3 is 5.97 Å². The van der Waals surface area contributed by atoms with Crippen LogP contribution in [0.15, 0.2) is 0 Å². The maximum Gasteiger partial charge on any atom is 0.335 e. The van der Waals surface area contributed by atoms with Crippen molar-refractivity contribution in [1.82, 2.24) is 0 Å². The van der Waals surface area contributed by atoms with E-state index in [0.717, 1.165) is 0 Å². The zero-order valence-electron chi connectivity index (χ0n) is 7.64. The lowest BCUT2D eigenvalue weighted by atomic mass is 9.99. The summed E-state index contributed by atoms with van der Waals surface area (Å²) in [5.41, 5.74) is 0. The number of aliphatic carboxylic acids is 1. The average molecular weight is 190 g/mol. The Morgan fingerprint density at radius 2 is 2.23 bits per heavy atom. The molecule has 76 valence electrons. The first kappa shape index (κ1) is 10.4. The predicted octanol–water partition coefficient (Wildman–Crippen LogP) is -0.376. The van der Waals surface area contributed by atoms with Crippen LogP contribution in [0.3, 0.4) is 0 Å². The topological polar surface area (TPSA) is 76.0 Å². The van der Waals surface area contributed by atoms with Gasteiger partial charge in [0.05, 0.1) is 18.3 Å². The molecule has 0 aromatic carbocycles. The minimum absolute atomic E-state index is 0.300. The number of hydrogen-bond acceptors (Lipinski definition) is 4. The van der Waals surface area contributed by atoms with E-state index < -0.39 is 30.4 Å². The molecule has 0 radical (unpaired) electrons. The summed E-state index contributed by atoms with van der Waals surface area (Å²) < 4.78 is 10.0. The van der Waals surface area contributed by atoms with Gasteiger partial charge in [-0.15, -0.1) is 0 Å². The van der Waals surface area contributed by atoms with Gasteiger partial charge in [0.2, 0.25) is 0 Å². The van der Waals surface area contributed by atoms with Crippen LogP contribution in [0.2, 0.25) is 0 Å². The Morgan fingerprint density at radius 3 is 2.69 bits per heavy atom. The Balaban J connectivity index is 2.66. The highest BCUT2D eigenvalue weighted by molar-refractivity contribution is 5.73. The van der Waals surface area contributed by atoms with E-state index in [1.807, 2.05) is 0 Å². The first-order chi connectivity index (χ1) is 6.06. The third-order valence-corrected chi connectivity index (χ3v) is 2.26. The van der Waals surface area contributed by atoms with Gasteiger partial charge in [-0.3, -0.25) is 0 Å². The fraction of sp³-hybridized carbons (Fsp3) is 0.875. The molecule has 1 aliphatic heterocycles. The summed E-state index contributed by atoms with van der Waals surface area (Å²) in [6.45, 7) is 1.65. The Bertz CT molecular complexity index is 193. The van der Waals surface area contributed by atoms with E-state index in [1.54, 1.807) is 6.92 Å². The number of carboxylic acid groups (broad SMARTS) is 1. The SMILES string of the molecule is COC1CC(O)C(C)OC1C(=O)O. The van der Waals surface area contributed by atoms with Gasteiger partial charge in [0.15, 0.2) is 6.10 Å². The summed E-state index contributed by atoms with van der Waals surface area (Å²) in [6.07, 6.45) is -2.34. The Labute approximate surface area is 76.3 Å². The number of carboxylic acids is 1. The molecule has 0 amide bonds. The Morgan fingerprint density at radius 1 is 1.62 bits per heavy atom. The van der Waals surface area contributed by atoms with E-state index in [0.29, 0.717) is 6.42 Å². The Hall–Kier alpha value is -0.650. The molecule has 5 nitrogen and oxygen atoms in total. The number of rotatable bonds is 2. The molecule has 0 aliphatic carbocycles. The zero-order valence-corrected chi connectivity index (χ0v) is 7.64. The molecule has 1 aliphatic rings.